The number of nitrogens with one attached hydrogen (secondary N) is 2. The molecular weight excluding hydrogens is 323 g/mol. The number of imidazole rings is 1. The molecule has 0 bridgehead atoms. The van der Waals surface area contributed by atoms with Gasteiger partial charge < -0.3 is 15.2 Å². The number of benzene rings is 1. The van der Waals surface area contributed by atoms with Crippen LogP contribution in [-0.4, -0.2) is 28.5 Å². The SMILES string of the molecule is Cl.Cl.O=C(CNCC1CC1)Nc1ccccc1-n1ccnc1. The summed E-state index contributed by atoms with van der Waals surface area (Å²) >= 11 is 0. The van der Waals surface area contributed by atoms with Crippen LogP contribution in [0.2, 0.25) is 0 Å². The maximum atomic E-state index is 11.9. The lowest BCUT2D eigenvalue weighted by Crippen LogP contribution is -2.29. The van der Waals surface area contributed by atoms with E-state index in [4.69, 9.17) is 0 Å². The second-order valence-corrected chi connectivity index (χ2v) is 5.11. The number of nitrogens with zero attached hydrogens (tertiary/aromatic N) is 2. The Balaban J connectivity index is 0.00000121. The van der Waals surface area contributed by atoms with Crippen molar-refractivity contribution in [3.05, 3.63) is 43.0 Å². The zero-order chi connectivity index (χ0) is 13.8. The summed E-state index contributed by atoms with van der Waals surface area (Å²) in [5.41, 5.74) is 1.71. The van der Waals surface area contributed by atoms with Gasteiger partial charge in [-0.25, -0.2) is 4.98 Å². The van der Waals surface area contributed by atoms with Gasteiger partial charge in [0.05, 0.1) is 24.2 Å². The molecule has 7 heteroatoms. The molecule has 1 fully saturated rings. The zero-order valence-electron chi connectivity index (χ0n) is 12.1. The number of rotatable bonds is 6. The highest BCUT2D eigenvalue weighted by Crippen LogP contribution is 2.27. The van der Waals surface area contributed by atoms with E-state index in [2.05, 4.69) is 15.6 Å². The van der Waals surface area contributed by atoms with E-state index in [1.807, 2.05) is 35.0 Å². The molecule has 1 aliphatic carbocycles. The van der Waals surface area contributed by atoms with Crippen molar-refractivity contribution in [1.29, 1.82) is 0 Å². The van der Waals surface area contributed by atoms with Gasteiger partial charge >= 0.3 is 0 Å². The fraction of sp³-hybridized carbons (Fsp3) is 0.333. The van der Waals surface area contributed by atoms with E-state index >= 15 is 0 Å². The minimum atomic E-state index is -0.0155. The lowest BCUT2D eigenvalue weighted by molar-refractivity contribution is -0.115. The third kappa shape index (κ3) is 5.02. The number of aromatic nitrogens is 2. The van der Waals surface area contributed by atoms with Crippen LogP contribution >= 0.6 is 24.8 Å². The first-order valence-corrected chi connectivity index (χ1v) is 6.91. The highest BCUT2D eigenvalue weighted by atomic mass is 35.5. The number of carbonyl (C=O) groups excluding carboxylic acids is 1. The monoisotopic (exact) mass is 342 g/mol. The summed E-state index contributed by atoms with van der Waals surface area (Å²) < 4.78 is 1.88. The Morgan fingerprint density at radius 2 is 2.05 bits per heavy atom. The second-order valence-electron chi connectivity index (χ2n) is 5.11. The number of carbonyl (C=O) groups is 1. The molecule has 0 spiro atoms. The normalized spacial score (nSPS) is 12.9. The highest BCUT2D eigenvalue weighted by Gasteiger charge is 2.20. The van der Waals surface area contributed by atoms with E-state index in [0.29, 0.717) is 6.54 Å². The average Bonchev–Trinajstić information content (AvgIpc) is 3.11. The summed E-state index contributed by atoms with van der Waals surface area (Å²) in [6, 6.07) is 7.70. The van der Waals surface area contributed by atoms with Crippen molar-refractivity contribution >= 4 is 36.4 Å². The van der Waals surface area contributed by atoms with Gasteiger partial charge in [-0.2, -0.15) is 0 Å². The van der Waals surface area contributed by atoms with Crippen LogP contribution in [0, 0.1) is 5.92 Å². The molecule has 5 nitrogen and oxygen atoms in total. The summed E-state index contributed by atoms with van der Waals surface area (Å²) in [5.74, 6) is 0.763. The van der Waals surface area contributed by atoms with Gasteiger partial charge in [0.15, 0.2) is 0 Å². The molecule has 1 aromatic heterocycles. The van der Waals surface area contributed by atoms with Crippen LogP contribution in [0.4, 0.5) is 5.69 Å². The van der Waals surface area contributed by atoms with Gasteiger partial charge in [0.2, 0.25) is 5.91 Å². The summed E-state index contributed by atoms with van der Waals surface area (Å²) in [6.07, 6.45) is 7.87. The van der Waals surface area contributed by atoms with Gasteiger partial charge in [0.1, 0.15) is 0 Å². The Hall–Kier alpha value is -1.56. The summed E-state index contributed by atoms with van der Waals surface area (Å²) in [5, 5.41) is 6.13. The molecule has 1 saturated carbocycles. The fourth-order valence-electron chi connectivity index (χ4n) is 2.11. The lowest BCUT2D eigenvalue weighted by Gasteiger charge is -2.11. The van der Waals surface area contributed by atoms with Gasteiger partial charge in [-0.3, -0.25) is 4.79 Å². The van der Waals surface area contributed by atoms with E-state index in [-0.39, 0.29) is 30.7 Å². The van der Waals surface area contributed by atoms with Crippen LogP contribution in [0.25, 0.3) is 5.69 Å². The molecule has 0 unspecified atom stereocenters. The highest BCUT2D eigenvalue weighted by molar-refractivity contribution is 5.94. The third-order valence-electron chi connectivity index (χ3n) is 3.38. The molecule has 2 N–H and O–H groups in total. The minimum Gasteiger partial charge on any atom is -0.323 e. The predicted molar refractivity (Wildman–Crippen MR) is 92.3 cm³/mol. The van der Waals surface area contributed by atoms with E-state index in [9.17, 15) is 4.79 Å². The van der Waals surface area contributed by atoms with E-state index in [0.717, 1.165) is 23.8 Å². The molecule has 0 radical (unpaired) electrons. The second kappa shape index (κ2) is 8.78. The van der Waals surface area contributed by atoms with Crippen molar-refractivity contribution in [2.75, 3.05) is 18.4 Å². The van der Waals surface area contributed by atoms with Gasteiger partial charge in [-0.15, -0.1) is 24.8 Å². The first-order valence-electron chi connectivity index (χ1n) is 6.91. The van der Waals surface area contributed by atoms with Crippen LogP contribution in [0.1, 0.15) is 12.8 Å². The minimum absolute atomic E-state index is 0. The maximum Gasteiger partial charge on any atom is 0.238 e. The van der Waals surface area contributed by atoms with Crippen LogP contribution in [-0.2, 0) is 4.79 Å². The number of hydrogen-bond acceptors (Lipinski definition) is 3. The Kier molecular flexibility index (Phi) is 7.38. The standard InChI is InChI=1S/C15H18N4O.2ClH/c20-15(10-17-9-12-5-6-12)18-13-3-1-2-4-14(13)19-8-7-16-11-19;;/h1-4,7-8,11-12,17H,5-6,9-10H2,(H,18,20);2*1H. The topological polar surface area (TPSA) is 59.0 Å². The Bertz CT molecular complexity index is 585. The van der Waals surface area contributed by atoms with E-state index in [1.54, 1.807) is 12.5 Å². The largest absolute Gasteiger partial charge is 0.323 e. The lowest BCUT2D eigenvalue weighted by atomic mass is 10.2. The molecule has 22 heavy (non-hydrogen) atoms. The number of halogens is 2. The number of amides is 1. The summed E-state index contributed by atoms with van der Waals surface area (Å²) in [7, 11) is 0. The summed E-state index contributed by atoms with van der Waals surface area (Å²) in [6.45, 7) is 1.30. The van der Waals surface area contributed by atoms with E-state index < -0.39 is 0 Å². The Labute approximate surface area is 142 Å². The van der Waals surface area contributed by atoms with Gasteiger partial charge in [-0.05, 0) is 37.4 Å². The van der Waals surface area contributed by atoms with Crippen LogP contribution < -0.4 is 10.6 Å². The van der Waals surface area contributed by atoms with Crippen LogP contribution in [0.15, 0.2) is 43.0 Å². The molecule has 1 amide bonds. The molecule has 0 aliphatic heterocycles. The first-order chi connectivity index (χ1) is 9.83. The Morgan fingerprint density at radius 1 is 1.27 bits per heavy atom. The first kappa shape index (κ1) is 18.5. The number of hydrogen-bond donors (Lipinski definition) is 2. The molecule has 0 saturated heterocycles. The number of para-hydroxylation sites is 2. The predicted octanol–water partition coefficient (Wildman–Crippen LogP) is 2.65. The van der Waals surface area contributed by atoms with Crippen molar-refractivity contribution < 1.29 is 4.79 Å². The molecule has 1 aromatic carbocycles. The smallest absolute Gasteiger partial charge is 0.238 e. The zero-order valence-corrected chi connectivity index (χ0v) is 13.7. The van der Waals surface area contributed by atoms with Gasteiger partial charge in [0.25, 0.3) is 0 Å². The fourth-order valence-corrected chi connectivity index (χ4v) is 2.11. The molecular formula is C15H20Cl2N4O. The third-order valence-corrected chi connectivity index (χ3v) is 3.38. The van der Waals surface area contributed by atoms with Crippen molar-refractivity contribution in [1.82, 2.24) is 14.9 Å². The molecule has 1 heterocycles. The van der Waals surface area contributed by atoms with Crippen LogP contribution in [0.5, 0.6) is 0 Å². The Morgan fingerprint density at radius 3 is 2.73 bits per heavy atom. The molecule has 2 aromatic rings. The van der Waals surface area contributed by atoms with Crippen molar-refractivity contribution in [2.24, 2.45) is 5.92 Å². The molecule has 120 valence electrons. The van der Waals surface area contributed by atoms with Gasteiger partial charge in [-0.1, -0.05) is 12.1 Å². The summed E-state index contributed by atoms with van der Waals surface area (Å²) in [4.78, 5) is 16.0. The average molecular weight is 343 g/mol. The molecule has 0 atom stereocenters. The molecule has 1 aliphatic rings. The number of anilines is 1. The van der Waals surface area contributed by atoms with Crippen molar-refractivity contribution in [3.8, 4) is 5.69 Å². The quantitative estimate of drug-likeness (QED) is 0.848. The van der Waals surface area contributed by atoms with Crippen LogP contribution in [0.3, 0.4) is 0 Å². The van der Waals surface area contributed by atoms with Gasteiger partial charge in [0, 0.05) is 12.4 Å². The maximum absolute atomic E-state index is 11.9. The molecule has 3 rings (SSSR count). The van der Waals surface area contributed by atoms with E-state index in [1.165, 1.54) is 12.8 Å². The van der Waals surface area contributed by atoms with Crippen molar-refractivity contribution in [2.45, 2.75) is 12.8 Å². The van der Waals surface area contributed by atoms with Crippen molar-refractivity contribution in [3.63, 3.8) is 0 Å².